The molecule has 0 saturated heterocycles. The molecular formula is C17H22BrFN4O. The molecule has 1 aromatic heterocycles. The molecule has 5 nitrogen and oxygen atoms in total. The molecule has 2 rings (SSSR count). The summed E-state index contributed by atoms with van der Waals surface area (Å²) in [5, 5.41) is 6.26. The Morgan fingerprint density at radius 2 is 2.00 bits per heavy atom. The Kier molecular flexibility index (Phi) is 5.99. The molecule has 0 aliphatic carbocycles. The highest BCUT2D eigenvalue weighted by atomic mass is 79.9. The van der Waals surface area contributed by atoms with Crippen molar-refractivity contribution in [3.8, 4) is 0 Å². The van der Waals surface area contributed by atoms with Gasteiger partial charge in [0.15, 0.2) is 5.96 Å². The van der Waals surface area contributed by atoms with Gasteiger partial charge in [0, 0.05) is 23.5 Å². The molecule has 0 amide bonds. The van der Waals surface area contributed by atoms with E-state index >= 15 is 0 Å². The number of nitrogens with one attached hydrogen (secondary N) is 2. The number of hydrogen-bond acceptors (Lipinski definition) is 3. The molecule has 0 unspecified atom stereocenters. The van der Waals surface area contributed by atoms with E-state index in [1.807, 2.05) is 0 Å². The van der Waals surface area contributed by atoms with Crippen molar-refractivity contribution in [3.05, 3.63) is 51.9 Å². The molecule has 0 fully saturated rings. The summed E-state index contributed by atoms with van der Waals surface area (Å²) in [4.78, 5) is 8.41. The molecule has 0 radical (unpaired) electrons. The Bertz CT molecular complexity index is 722. The SMILES string of the molecule is CN=C(NCc1ncc(C(C)(C)C)o1)NCc1cc(F)ccc1Br. The number of benzene rings is 1. The first-order valence-corrected chi connectivity index (χ1v) is 8.42. The van der Waals surface area contributed by atoms with Crippen LogP contribution in [-0.2, 0) is 18.5 Å². The first-order chi connectivity index (χ1) is 11.3. The molecule has 0 spiro atoms. The number of aromatic nitrogens is 1. The van der Waals surface area contributed by atoms with Gasteiger partial charge in [-0.15, -0.1) is 0 Å². The van der Waals surface area contributed by atoms with Crippen LogP contribution in [0.4, 0.5) is 4.39 Å². The molecule has 0 aliphatic rings. The first-order valence-electron chi connectivity index (χ1n) is 7.63. The zero-order valence-electron chi connectivity index (χ0n) is 14.3. The molecule has 7 heteroatoms. The number of oxazole rings is 1. The maximum Gasteiger partial charge on any atom is 0.213 e. The fourth-order valence-corrected chi connectivity index (χ4v) is 2.36. The smallest absolute Gasteiger partial charge is 0.213 e. The van der Waals surface area contributed by atoms with E-state index in [1.54, 1.807) is 19.3 Å². The molecule has 2 N–H and O–H groups in total. The summed E-state index contributed by atoms with van der Waals surface area (Å²) < 4.78 is 19.9. The van der Waals surface area contributed by atoms with E-state index in [0.717, 1.165) is 15.8 Å². The second-order valence-electron chi connectivity index (χ2n) is 6.38. The van der Waals surface area contributed by atoms with Gasteiger partial charge in [-0.1, -0.05) is 36.7 Å². The van der Waals surface area contributed by atoms with Gasteiger partial charge in [0.25, 0.3) is 0 Å². The highest BCUT2D eigenvalue weighted by Crippen LogP contribution is 2.22. The van der Waals surface area contributed by atoms with E-state index in [2.05, 4.69) is 57.3 Å². The minimum Gasteiger partial charge on any atom is -0.443 e. The number of hydrogen-bond donors (Lipinski definition) is 2. The Morgan fingerprint density at radius 1 is 1.29 bits per heavy atom. The Balaban J connectivity index is 1.91. The monoisotopic (exact) mass is 396 g/mol. The maximum absolute atomic E-state index is 13.3. The summed E-state index contributed by atoms with van der Waals surface area (Å²) in [5.74, 6) is 1.75. The van der Waals surface area contributed by atoms with Crippen molar-refractivity contribution < 1.29 is 8.81 Å². The van der Waals surface area contributed by atoms with Gasteiger partial charge >= 0.3 is 0 Å². The third-order valence-electron chi connectivity index (χ3n) is 3.38. The standard InChI is InChI=1S/C17H22BrFN4O/c1-17(2,3)14-9-21-15(24-14)10-23-16(20-4)22-8-11-7-12(19)5-6-13(11)18/h5-7,9H,8,10H2,1-4H3,(H2,20,22,23). The summed E-state index contributed by atoms with van der Waals surface area (Å²) in [5.41, 5.74) is 0.735. The number of rotatable bonds is 4. The molecule has 0 saturated carbocycles. The van der Waals surface area contributed by atoms with E-state index in [9.17, 15) is 4.39 Å². The lowest BCUT2D eigenvalue weighted by atomic mass is 9.94. The summed E-state index contributed by atoms with van der Waals surface area (Å²) in [6, 6.07) is 4.58. The zero-order chi connectivity index (χ0) is 17.7. The van der Waals surface area contributed by atoms with Gasteiger partial charge in [-0.25, -0.2) is 9.37 Å². The van der Waals surface area contributed by atoms with Gasteiger partial charge in [-0.3, -0.25) is 4.99 Å². The van der Waals surface area contributed by atoms with Crippen molar-refractivity contribution in [1.29, 1.82) is 0 Å². The van der Waals surface area contributed by atoms with E-state index in [-0.39, 0.29) is 11.2 Å². The summed E-state index contributed by atoms with van der Waals surface area (Å²) in [6.07, 6.45) is 1.75. The van der Waals surface area contributed by atoms with Crippen LogP contribution in [0.15, 0.2) is 38.3 Å². The molecule has 24 heavy (non-hydrogen) atoms. The largest absolute Gasteiger partial charge is 0.443 e. The second-order valence-corrected chi connectivity index (χ2v) is 7.24. The van der Waals surface area contributed by atoms with Gasteiger partial charge in [-0.05, 0) is 23.8 Å². The number of aliphatic imine (C=N–C) groups is 1. The van der Waals surface area contributed by atoms with Crippen molar-refractivity contribution in [3.63, 3.8) is 0 Å². The summed E-state index contributed by atoms with van der Waals surface area (Å²) in [6.45, 7) is 7.07. The molecule has 0 aliphatic heterocycles. The van der Waals surface area contributed by atoms with Gasteiger partial charge in [-0.2, -0.15) is 0 Å². The van der Waals surface area contributed by atoms with E-state index in [4.69, 9.17) is 4.42 Å². The maximum atomic E-state index is 13.3. The van der Waals surface area contributed by atoms with Crippen LogP contribution in [0.2, 0.25) is 0 Å². The Hall–Kier alpha value is -1.89. The van der Waals surface area contributed by atoms with Crippen molar-refractivity contribution in [2.75, 3.05) is 7.05 Å². The molecule has 0 bridgehead atoms. The average molecular weight is 397 g/mol. The molecule has 1 aromatic carbocycles. The van der Waals surface area contributed by atoms with Gasteiger partial charge in [0.1, 0.15) is 11.6 Å². The third kappa shape index (κ3) is 5.06. The van der Waals surface area contributed by atoms with Crippen LogP contribution in [0.25, 0.3) is 0 Å². The van der Waals surface area contributed by atoms with Crippen molar-refractivity contribution in [2.45, 2.75) is 39.3 Å². The zero-order valence-corrected chi connectivity index (χ0v) is 15.9. The van der Waals surface area contributed by atoms with Crippen molar-refractivity contribution >= 4 is 21.9 Å². The highest BCUT2D eigenvalue weighted by Gasteiger charge is 2.19. The normalized spacial score (nSPS) is 12.3. The van der Waals surface area contributed by atoms with Crippen LogP contribution in [0.1, 0.15) is 38.0 Å². The lowest BCUT2D eigenvalue weighted by Gasteiger charge is -2.13. The molecule has 1 heterocycles. The Labute approximate surface area is 149 Å². The topological polar surface area (TPSA) is 62.5 Å². The summed E-state index contributed by atoms with van der Waals surface area (Å²) in [7, 11) is 1.67. The van der Waals surface area contributed by atoms with E-state index in [0.29, 0.717) is 24.9 Å². The van der Waals surface area contributed by atoms with Crippen molar-refractivity contribution in [1.82, 2.24) is 15.6 Å². The molecule has 2 aromatic rings. The fourth-order valence-electron chi connectivity index (χ4n) is 1.98. The van der Waals surface area contributed by atoms with Gasteiger partial charge in [0.2, 0.25) is 5.89 Å². The number of guanidine groups is 1. The molecule has 130 valence electrons. The van der Waals surface area contributed by atoms with Gasteiger partial charge in [0.05, 0.1) is 12.7 Å². The van der Waals surface area contributed by atoms with Crippen LogP contribution >= 0.6 is 15.9 Å². The van der Waals surface area contributed by atoms with Crippen molar-refractivity contribution in [2.24, 2.45) is 4.99 Å². The number of nitrogens with zero attached hydrogens (tertiary/aromatic N) is 2. The highest BCUT2D eigenvalue weighted by molar-refractivity contribution is 9.10. The average Bonchev–Trinajstić information content (AvgIpc) is 3.00. The fraction of sp³-hybridized carbons (Fsp3) is 0.412. The minimum absolute atomic E-state index is 0.0746. The predicted octanol–water partition coefficient (Wildman–Crippen LogP) is 3.74. The van der Waals surface area contributed by atoms with Crippen LogP contribution in [0, 0.1) is 5.82 Å². The lowest BCUT2D eigenvalue weighted by Crippen LogP contribution is -2.36. The van der Waals surface area contributed by atoms with Gasteiger partial charge < -0.3 is 15.1 Å². The first kappa shape index (κ1) is 18.4. The van der Waals surface area contributed by atoms with Crippen LogP contribution < -0.4 is 10.6 Å². The summed E-state index contributed by atoms with van der Waals surface area (Å²) >= 11 is 3.41. The quantitative estimate of drug-likeness (QED) is 0.610. The lowest BCUT2D eigenvalue weighted by molar-refractivity contribution is 0.379. The minimum atomic E-state index is -0.271. The predicted molar refractivity (Wildman–Crippen MR) is 96.3 cm³/mol. The van der Waals surface area contributed by atoms with Crippen LogP contribution in [-0.4, -0.2) is 18.0 Å². The third-order valence-corrected chi connectivity index (χ3v) is 4.15. The van der Waals surface area contributed by atoms with E-state index in [1.165, 1.54) is 12.1 Å². The van der Waals surface area contributed by atoms with Crippen LogP contribution in [0.3, 0.4) is 0 Å². The van der Waals surface area contributed by atoms with E-state index < -0.39 is 0 Å². The molecular weight excluding hydrogens is 375 g/mol. The molecule has 0 atom stereocenters. The second kappa shape index (κ2) is 7.79. The number of halogens is 2. The van der Waals surface area contributed by atoms with Crippen LogP contribution in [0.5, 0.6) is 0 Å². The Morgan fingerprint density at radius 3 is 2.62 bits per heavy atom.